The van der Waals surface area contributed by atoms with E-state index in [0.29, 0.717) is 27.8 Å². The molecule has 5 heteroatoms. The Morgan fingerprint density at radius 2 is 2.00 bits per heavy atom. The molecule has 19 heavy (non-hydrogen) atoms. The molecular formula is C14H13ClN2O2. The Kier molecular flexibility index (Phi) is 3.62. The van der Waals surface area contributed by atoms with E-state index in [2.05, 4.69) is 0 Å². The number of hydrogen-bond acceptors (Lipinski definition) is 3. The van der Waals surface area contributed by atoms with Crippen molar-refractivity contribution in [3.8, 4) is 11.5 Å². The molecule has 4 nitrogen and oxygen atoms in total. The van der Waals surface area contributed by atoms with Gasteiger partial charge in [0, 0.05) is 11.6 Å². The monoisotopic (exact) mass is 276 g/mol. The SMILES string of the molecule is Cc1cc(N)c(Cl)cc1Oc1cccc(C(N)=O)c1. The smallest absolute Gasteiger partial charge is 0.248 e. The van der Waals surface area contributed by atoms with E-state index < -0.39 is 5.91 Å². The van der Waals surface area contributed by atoms with Gasteiger partial charge < -0.3 is 16.2 Å². The van der Waals surface area contributed by atoms with Crippen LogP contribution in [-0.4, -0.2) is 5.91 Å². The fourth-order valence-corrected chi connectivity index (χ4v) is 1.79. The number of nitrogens with two attached hydrogens (primary N) is 2. The Labute approximate surface area is 115 Å². The van der Waals surface area contributed by atoms with Gasteiger partial charge in [0.2, 0.25) is 5.91 Å². The predicted molar refractivity (Wildman–Crippen MR) is 75.6 cm³/mol. The first-order chi connectivity index (χ1) is 8.97. The minimum atomic E-state index is -0.502. The highest BCUT2D eigenvalue weighted by molar-refractivity contribution is 6.33. The summed E-state index contributed by atoms with van der Waals surface area (Å²) in [6, 6.07) is 10.0. The summed E-state index contributed by atoms with van der Waals surface area (Å²) in [5.74, 6) is 0.596. The molecule has 0 fully saturated rings. The molecule has 0 heterocycles. The Morgan fingerprint density at radius 1 is 1.26 bits per heavy atom. The molecule has 0 bridgehead atoms. The highest BCUT2D eigenvalue weighted by atomic mass is 35.5. The second-order valence-electron chi connectivity index (χ2n) is 4.13. The van der Waals surface area contributed by atoms with Gasteiger partial charge in [-0.1, -0.05) is 17.7 Å². The molecule has 0 aliphatic rings. The number of hydrogen-bond donors (Lipinski definition) is 2. The van der Waals surface area contributed by atoms with Crippen LogP contribution < -0.4 is 16.2 Å². The molecule has 4 N–H and O–H groups in total. The fraction of sp³-hybridized carbons (Fsp3) is 0.0714. The molecule has 0 spiro atoms. The van der Waals surface area contributed by atoms with Crippen LogP contribution in [0.25, 0.3) is 0 Å². The lowest BCUT2D eigenvalue weighted by molar-refractivity contribution is 0.1000. The van der Waals surface area contributed by atoms with E-state index in [9.17, 15) is 4.79 Å². The maximum Gasteiger partial charge on any atom is 0.248 e. The lowest BCUT2D eigenvalue weighted by Crippen LogP contribution is -2.10. The zero-order chi connectivity index (χ0) is 14.0. The van der Waals surface area contributed by atoms with E-state index in [-0.39, 0.29) is 0 Å². The van der Waals surface area contributed by atoms with Crippen LogP contribution in [0, 0.1) is 6.92 Å². The van der Waals surface area contributed by atoms with Gasteiger partial charge in [-0.3, -0.25) is 4.79 Å². The summed E-state index contributed by atoms with van der Waals surface area (Å²) < 4.78 is 5.69. The van der Waals surface area contributed by atoms with E-state index in [1.807, 2.05) is 6.92 Å². The number of nitrogen functional groups attached to an aromatic ring is 1. The summed E-state index contributed by atoms with van der Waals surface area (Å²) >= 11 is 5.95. The van der Waals surface area contributed by atoms with Gasteiger partial charge in [0.25, 0.3) is 0 Å². The average Bonchev–Trinajstić information content (AvgIpc) is 2.36. The Hall–Kier alpha value is -2.20. The van der Waals surface area contributed by atoms with Crippen molar-refractivity contribution in [2.45, 2.75) is 6.92 Å². The van der Waals surface area contributed by atoms with Crippen molar-refractivity contribution in [1.29, 1.82) is 0 Å². The molecule has 2 rings (SSSR count). The summed E-state index contributed by atoms with van der Waals surface area (Å²) in [6.45, 7) is 1.86. The fourth-order valence-electron chi connectivity index (χ4n) is 1.64. The van der Waals surface area contributed by atoms with Crippen LogP contribution in [0.5, 0.6) is 11.5 Å². The van der Waals surface area contributed by atoms with Gasteiger partial charge in [-0.05, 0) is 36.8 Å². The first-order valence-electron chi connectivity index (χ1n) is 5.60. The van der Waals surface area contributed by atoms with E-state index in [1.165, 1.54) is 0 Å². The number of carbonyl (C=O) groups is 1. The molecule has 0 aliphatic carbocycles. The minimum absolute atomic E-state index is 0.386. The molecule has 0 radical (unpaired) electrons. The van der Waals surface area contributed by atoms with Crippen LogP contribution >= 0.6 is 11.6 Å². The molecule has 2 aromatic carbocycles. The van der Waals surface area contributed by atoms with E-state index in [4.69, 9.17) is 27.8 Å². The number of benzene rings is 2. The first kappa shape index (κ1) is 13.2. The van der Waals surface area contributed by atoms with Crippen LogP contribution in [0.2, 0.25) is 5.02 Å². The zero-order valence-corrected chi connectivity index (χ0v) is 11.1. The van der Waals surface area contributed by atoms with Gasteiger partial charge in [0.15, 0.2) is 0 Å². The molecule has 0 atom stereocenters. The number of aryl methyl sites for hydroxylation is 1. The number of carbonyl (C=O) groups excluding carboxylic acids is 1. The van der Waals surface area contributed by atoms with Gasteiger partial charge in [-0.2, -0.15) is 0 Å². The zero-order valence-electron chi connectivity index (χ0n) is 10.3. The number of primary amides is 1. The van der Waals surface area contributed by atoms with Crippen molar-refractivity contribution in [1.82, 2.24) is 0 Å². The molecule has 1 amide bonds. The molecule has 2 aromatic rings. The van der Waals surface area contributed by atoms with Gasteiger partial charge in [0.1, 0.15) is 11.5 Å². The molecule has 0 saturated heterocycles. The van der Waals surface area contributed by atoms with Crippen molar-refractivity contribution < 1.29 is 9.53 Å². The van der Waals surface area contributed by atoms with Gasteiger partial charge in [0.05, 0.1) is 10.7 Å². The van der Waals surface area contributed by atoms with Gasteiger partial charge in [-0.25, -0.2) is 0 Å². The van der Waals surface area contributed by atoms with Crippen LogP contribution in [0.1, 0.15) is 15.9 Å². The van der Waals surface area contributed by atoms with Crippen LogP contribution in [-0.2, 0) is 0 Å². The van der Waals surface area contributed by atoms with Crippen LogP contribution in [0.3, 0.4) is 0 Å². The van der Waals surface area contributed by atoms with Crippen molar-refractivity contribution in [3.63, 3.8) is 0 Å². The number of rotatable bonds is 3. The third-order valence-electron chi connectivity index (χ3n) is 2.64. The standard InChI is InChI=1S/C14H13ClN2O2/c1-8-5-12(16)11(15)7-13(8)19-10-4-2-3-9(6-10)14(17)18/h2-7H,16H2,1H3,(H2,17,18). The maximum atomic E-state index is 11.1. The largest absolute Gasteiger partial charge is 0.457 e. The predicted octanol–water partition coefficient (Wildman–Crippen LogP) is 3.12. The Balaban J connectivity index is 2.33. The van der Waals surface area contributed by atoms with Crippen molar-refractivity contribution in [2.75, 3.05) is 5.73 Å². The average molecular weight is 277 g/mol. The molecule has 0 aromatic heterocycles. The summed E-state index contributed by atoms with van der Waals surface area (Å²) in [4.78, 5) is 11.1. The third kappa shape index (κ3) is 2.98. The maximum absolute atomic E-state index is 11.1. The quantitative estimate of drug-likeness (QED) is 0.846. The molecule has 98 valence electrons. The Bertz CT molecular complexity index is 641. The van der Waals surface area contributed by atoms with Crippen molar-refractivity contribution in [2.24, 2.45) is 5.73 Å². The normalized spacial score (nSPS) is 10.2. The first-order valence-corrected chi connectivity index (χ1v) is 5.98. The molecule has 0 unspecified atom stereocenters. The van der Waals surface area contributed by atoms with Gasteiger partial charge >= 0.3 is 0 Å². The van der Waals surface area contributed by atoms with E-state index in [1.54, 1.807) is 36.4 Å². The van der Waals surface area contributed by atoms with Crippen molar-refractivity contribution in [3.05, 3.63) is 52.5 Å². The number of halogens is 1. The molecule has 0 aliphatic heterocycles. The lowest BCUT2D eigenvalue weighted by Gasteiger charge is -2.11. The number of ether oxygens (including phenoxy) is 1. The summed E-state index contributed by atoms with van der Waals surface area (Å²) in [5.41, 5.74) is 12.7. The number of anilines is 1. The highest BCUT2D eigenvalue weighted by Gasteiger charge is 2.07. The summed E-state index contributed by atoms with van der Waals surface area (Å²) in [5, 5.41) is 0.423. The second-order valence-corrected chi connectivity index (χ2v) is 4.54. The number of amides is 1. The summed E-state index contributed by atoms with van der Waals surface area (Å²) in [6.07, 6.45) is 0. The summed E-state index contributed by atoms with van der Waals surface area (Å²) in [7, 11) is 0. The highest BCUT2D eigenvalue weighted by Crippen LogP contribution is 2.31. The minimum Gasteiger partial charge on any atom is -0.457 e. The molecule has 0 saturated carbocycles. The van der Waals surface area contributed by atoms with Crippen LogP contribution in [0.15, 0.2) is 36.4 Å². The Morgan fingerprint density at radius 3 is 2.68 bits per heavy atom. The van der Waals surface area contributed by atoms with E-state index >= 15 is 0 Å². The molecular weight excluding hydrogens is 264 g/mol. The van der Waals surface area contributed by atoms with Crippen LogP contribution in [0.4, 0.5) is 5.69 Å². The second kappa shape index (κ2) is 5.20. The third-order valence-corrected chi connectivity index (χ3v) is 2.97. The van der Waals surface area contributed by atoms with Gasteiger partial charge in [-0.15, -0.1) is 0 Å². The lowest BCUT2D eigenvalue weighted by atomic mass is 10.2. The van der Waals surface area contributed by atoms with Crippen molar-refractivity contribution >= 4 is 23.2 Å². The van der Waals surface area contributed by atoms with E-state index in [0.717, 1.165) is 5.56 Å². The topological polar surface area (TPSA) is 78.3 Å².